The molecule has 0 heterocycles. The molecule has 0 aliphatic carbocycles. The average molecular weight is 246 g/mol. The predicted molar refractivity (Wildman–Crippen MR) is 60.2 cm³/mol. The molecule has 0 atom stereocenters. The normalized spacial score (nSPS) is 10.3. The van der Waals surface area contributed by atoms with E-state index in [0.29, 0.717) is 5.56 Å². The van der Waals surface area contributed by atoms with Gasteiger partial charge in [0.15, 0.2) is 0 Å². The molecule has 0 bridgehead atoms. The third-order valence-electron chi connectivity index (χ3n) is 2.26. The number of benzene rings is 1. The van der Waals surface area contributed by atoms with Crippen molar-refractivity contribution in [1.29, 1.82) is 0 Å². The van der Waals surface area contributed by atoms with Crippen LogP contribution in [0, 0.1) is 12.7 Å². The first kappa shape index (κ1) is 12.9. The minimum absolute atomic E-state index is 0.112. The molecule has 0 saturated carbocycles. The number of hydrogen-bond acceptors (Lipinski definition) is 2. The van der Waals surface area contributed by atoms with Gasteiger partial charge in [-0.1, -0.05) is 11.6 Å². The number of hydrogen-bond donors (Lipinski definition) is 1. The fourth-order valence-corrected chi connectivity index (χ4v) is 1.57. The van der Waals surface area contributed by atoms with Crippen molar-refractivity contribution in [1.82, 2.24) is 4.90 Å². The molecular weight excluding hydrogens is 233 g/mol. The SMILES string of the molecule is Cc1cc(Cl)c(C(=O)N(C)CCO)cc1F. The first-order valence-corrected chi connectivity index (χ1v) is 5.17. The number of halogens is 2. The second kappa shape index (κ2) is 5.27. The van der Waals surface area contributed by atoms with Crippen LogP contribution in [0.2, 0.25) is 5.02 Å². The summed E-state index contributed by atoms with van der Waals surface area (Å²) in [7, 11) is 1.52. The van der Waals surface area contributed by atoms with Crippen LogP contribution in [-0.4, -0.2) is 36.1 Å². The third kappa shape index (κ3) is 2.71. The molecule has 0 aromatic heterocycles. The summed E-state index contributed by atoms with van der Waals surface area (Å²) in [6.07, 6.45) is 0. The highest BCUT2D eigenvalue weighted by molar-refractivity contribution is 6.33. The van der Waals surface area contributed by atoms with E-state index in [2.05, 4.69) is 0 Å². The highest BCUT2D eigenvalue weighted by Crippen LogP contribution is 2.21. The summed E-state index contributed by atoms with van der Waals surface area (Å²) in [5, 5.41) is 8.92. The van der Waals surface area contributed by atoms with E-state index in [0.717, 1.165) is 6.07 Å². The number of nitrogens with zero attached hydrogens (tertiary/aromatic N) is 1. The Morgan fingerprint density at radius 2 is 2.19 bits per heavy atom. The fraction of sp³-hybridized carbons (Fsp3) is 0.364. The zero-order chi connectivity index (χ0) is 12.3. The smallest absolute Gasteiger partial charge is 0.255 e. The van der Waals surface area contributed by atoms with Crippen molar-refractivity contribution in [2.45, 2.75) is 6.92 Å². The fourth-order valence-electron chi connectivity index (χ4n) is 1.27. The number of aliphatic hydroxyl groups excluding tert-OH is 1. The molecule has 0 unspecified atom stereocenters. The lowest BCUT2D eigenvalue weighted by molar-refractivity contribution is 0.0766. The third-order valence-corrected chi connectivity index (χ3v) is 2.57. The topological polar surface area (TPSA) is 40.5 Å². The van der Waals surface area contributed by atoms with Gasteiger partial charge in [-0.05, 0) is 24.6 Å². The second-order valence-corrected chi connectivity index (χ2v) is 3.94. The van der Waals surface area contributed by atoms with Gasteiger partial charge in [0.2, 0.25) is 0 Å². The van der Waals surface area contributed by atoms with Crippen molar-refractivity contribution in [2.24, 2.45) is 0 Å². The van der Waals surface area contributed by atoms with Crippen molar-refractivity contribution >= 4 is 17.5 Å². The van der Waals surface area contributed by atoms with Gasteiger partial charge in [-0.15, -0.1) is 0 Å². The minimum atomic E-state index is -0.467. The minimum Gasteiger partial charge on any atom is -0.395 e. The number of aliphatic hydroxyl groups is 1. The Hall–Kier alpha value is -1.13. The van der Waals surface area contributed by atoms with Gasteiger partial charge in [0.25, 0.3) is 5.91 Å². The molecular formula is C11H13ClFNO2. The Kier molecular flexibility index (Phi) is 4.26. The van der Waals surface area contributed by atoms with Gasteiger partial charge < -0.3 is 10.0 Å². The monoisotopic (exact) mass is 245 g/mol. The van der Waals surface area contributed by atoms with Gasteiger partial charge in [0, 0.05) is 13.6 Å². The van der Waals surface area contributed by atoms with Gasteiger partial charge >= 0.3 is 0 Å². The van der Waals surface area contributed by atoms with E-state index < -0.39 is 11.7 Å². The molecule has 1 aromatic carbocycles. The lowest BCUT2D eigenvalue weighted by Crippen LogP contribution is -2.29. The van der Waals surface area contributed by atoms with Crippen LogP contribution in [0.25, 0.3) is 0 Å². The van der Waals surface area contributed by atoms with Crippen LogP contribution < -0.4 is 0 Å². The molecule has 1 amide bonds. The van der Waals surface area contributed by atoms with Crippen LogP contribution in [0.1, 0.15) is 15.9 Å². The molecule has 0 aliphatic heterocycles. The summed E-state index contributed by atoms with van der Waals surface area (Å²) in [6, 6.07) is 2.53. The summed E-state index contributed by atoms with van der Waals surface area (Å²) in [5.41, 5.74) is 0.507. The molecule has 16 heavy (non-hydrogen) atoms. The van der Waals surface area contributed by atoms with Crippen LogP contribution in [0.15, 0.2) is 12.1 Å². The van der Waals surface area contributed by atoms with Crippen molar-refractivity contribution in [3.8, 4) is 0 Å². The second-order valence-electron chi connectivity index (χ2n) is 3.53. The van der Waals surface area contributed by atoms with Gasteiger partial charge in [0.05, 0.1) is 17.2 Å². The maximum atomic E-state index is 13.3. The van der Waals surface area contributed by atoms with E-state index in [1.54, 1.807) is 6.92 Å². The van der Waals surface area contributed by atoms with Gasteiger partial charge in [0.1, 0.15) is 5.82 Å². The molecule has 0 radical (unpaired) electrons. The Balaban J connectivity index is 3.04. The van der Waals surface area contributed by atoms with Crippen molar-refractivity contribution in [2.75, 3.05) is 20.2 Å². The standard InChI is InChI=1S/C11H13ClFNO2/c1-7-5-9(12)8(6-10(7)13)11(16)14(2)3-4-15/h5-6,15H,3-4H2,1-2H3. The van der Waals surface area contributed by atoms with E-state index in [4.69, 9.17) is 16.7 Å². The maximum Gasteiger partial charge on any atom is 0.255 e. The van der Waals surface area contributed by atoms with Crippen molar-refractivity contribution in [3.63, 3.8) is 0 Å². The number of amides is 1. The Morgan fingerprint density at radius 1 is 1.56 bits per heavy atom. The number of carbonyl (C=O) groups excluding carboxylic acids is 1. The van der Waals surface area contributed by atoms with Crippen LogP contribution in [0.4, 0.5) is 4.39 Å². The predicted octanol–water partition coefficient (Wildman–Crippen LogP) is 1.85. The van der Waals surface area contributed by atoms with E-state index in [1.807, 2.05) is 0 Å². The molecule has 0 spiro atoms. The van der Waals surface area contributed by atoms with Crippen molar-refractivity contribution in [3.05, 3.63) is 34.1 Å². The lowest BCUT2D eigenvalue weighted by atomic mass is 10.1. The molecule has 1 N–H and O–H groups in total. The zero-order valence-electron chi connectivity index (χ0n) is 9.13. The first-order chi connectivity index (χ1) is 7.47. The van der Waals surface area contributed by atoms with E-state index >= 15 is 0 Å². The number of rotatable bonds is 3. The lowest BCUT2D eigenvalue weighted by Gasteiger charge is -2.16. The largest absolute Gasteiger partial charge is 0.395 e. The Morgan fingerprint density at radius 3 is 2.75 bits per heavy atom. The van der Waals surface area contributed by atoms with E-state index in [1.165, 1.54) is 18.0 Å². The summed E-state index contributed by atoms with van der Waals surface area (Å²) in [5.74, 6) is -0.872. The van der Waals surface area contributed by atoms with Gasteiger partial charge in [-0.2, -0.15) is 0 Å². The van der Waals surface area contributed by atoms with Crippen LogP contribution >= 0.6 is 11.6 Å². The molecule has 5 heteroatoms. The average Bonchev–Trinajstić information content (AvgIpc) is 2.23. The molecule has 1 aromatic rings. The molecule has 88 valence electrons. The molecule has 3 nitrogen and oxygen atoms in total. The number of carbonyl (C=O) groups is 1. The van der Waals surface area contributed by atoms with Gasteiger partial charge in [-0.25, -0.2) is 4.39 Å². The molecule has 1 rings (SSSR count). The first-order valence-electron chi connectivity index (χ1n) is 4.79. The number of aryl methyl sites for hydroxylation is 1. The quantitative estimate of drug-likeness (QED) is 0.883. The Bertz CT molecular complexity index is 409. The summed E-state index contributed by atoms with van der Waals surface area (Å²) in [4.78, 5) is 13.1. The van der Waals surface area contributed by atoms with Crippen molar-refractivity contribution < 1.29 is 14.3 Å². The van der Waals surface area contributed by atoms with E-state index in [9.17, 15) is 9.18 Å². The summed E-state index contributed by atoms with van der Waals surface area (Å²) in [6.45, 7) is 1.62. The molecule has 0 aliphatic rings. The Labute approximate surface area is 98.4 Å². The van der Waals surface area contributed by atoms with E-state index in [-0.39, 0.29) is 23.7 Å². The zero-order valence-corrected chi connectivity index (χ0v) is 9.88. The highest BCUT2D eigenvalue weighted by Gasteiger charge is 2.16. The molecule has 0 fully saturated rings. The van der Waals surface area contributed by atoms with Crippen LogP contribution in [0.5, 0.6) is 0 Å². The summed E-state index contributed by atoms with van der Waals surface area (Å²) < 4.78 is 13.3. The maximum absolute atomic E-state index is 13.3. The highest BCUT2D eigenvalue weighted by atomic mass is 35.5. The van der Waals surface area contributed by atoms with Crippen LogP contribution in [0.3, 0.4) is 0 Å². The summed E-state index contributed by atoms with van der Waals surface area (Å²) >= 11 is 5.86. The van der Waals surface area contributed by atoms with Crippen LogP contribution in [-0.2, 0) is 0 Å². The van der Waals surface area contributed by atoms with Gasteiger partial charge in [-0.3, -0.25) is 4.79 Å². The number of likely N-dealkylation sites (N-methyl/N-ethyl adjacent to an activating group) is 1. The molecule has 0 saturated heterocycles.